The molecule has 0 aliphatic heterocycles. The summed E-state index contributed by atoms with van der Waals surface area (Å²) >= 11 is 5.89. The van der Waals surface area contributed by atoms with Gasteiger partial charge in [-0.3, -0.25) is 14.9 Å². The van der Waals surface area contributed by atoms with Gasteiger partial charge in [0.15, 0.2) is 0 Å². The molecule has 11 heteroatoms. The summed E-state index contributed by atoms with van der Waals surface area (Å²) in [4.78, 5) is 22.3. The van der Waals surface area contributed by atoms with Crippen LogP contribution in [0.1, 0.15) is 5.56 Å². The van der Waals surface area contributed by atoms with Crippen LogP contribution in [-0.4, -0.2) is 10.8 Å². The maximum Gasteiger partial charge on any atom is 0.416 e. The van der Waals surface area contributed by atoms with Gasteiger partial charge in [-0.25, -0.2) is 0 Å². The first kappa shape index (κ1) is 20.7. The number of amides is 1. The minimum Gasteiger partial charge on any atom is -0.359 e. The Labute approximate surface area is 161 Å². The Balaban J connectivity index is 2.19. The van der Waals surface area contributed by atoms with Crippen LogP contribution in [0.2, 0.25) is 5.02 Å². The highest BCUT2D eigenvalue weighted by molar-refractivity contribution is 6.33. The van der Waals surface area contributed by atoms with Crippen LogP contribution in [0, 0.1) is 21.4 Å². The fourth-order valence-corrected chi connectivity index (χ4v) is 2.18. The SMILES string of the molecule is N#C/C(=C/Nc1cc([N+](=O)[O-])ccc1Cl)C(=O)Nc1cccc(C(F)(F)F)c1. The van der Waals surface area contributed by atoms with Gasteiger partial charge in [-0.2, -0.15) is 18.4 Å². The number of nitrogens with zero attached hydrogens (tertiary/aromatic N) is 2. The molecule has 1 amide bonds. The molecule has 0 aromatic heterocycles. The van der Waals surface area contributed by atoms with Gasteiger partial charge in [-0.05, 0) is 24.3 Å². The highest BCUT2D eigenvalue weighted by Crippen LogP contribution is 2.31. The smallest absolute Gasteiger partial charge is 0.359 e. The van der Waals surface area contributed by atoms with Crippen molar-refractivity contribution in [2.24, 2.45) is 0 Å². The summed E-state index contributed by atoms with van der Waals surface area (Å²) in [7, 11) is 0. The van der Waals surface area contributed by atoms with Crippen molar-refractivity contribution < 1.29 is 22.9 Å². The number of nitrogens with one attached hydrogen (secondary N) is 2. The monoisotopic (exact) mass is 410 g/mol. The van der Waals surface area contributed by atoms with Crippen molar-refractivity contribution in [3.8, 4) is 6.07 Å². The summed E-state index contributed by atoms with van der Waals surface area (Å²) in [5.41, 5.74) is -1.81. The van der Waals surface area contributed by atoms with E-state index in [9.17, 15) is 28.1 Å². The molecular formula is C17H10ClF3N4O3. The lowest BCUT2D eigenvalue weighted by Gasteiger charge is -2.10. The summed E-state index contributed by atoms with van der Waals surface area (Å²) in [5.74, 6) is -0.976. The summed E-state index contributed by atoms with van der Waals surface area (Å²) in [6.45, 7) is 0. The molecule has 0 unspecified atom stereocenters. The third kappa shape index (κ3) is 5.21. The number of alkyl halides is 3. The number of nitriles is 1. The summed E-state index contributed by atoms with van der Waals surface area (Å²) in [6.07, 6.45) is -3.65. The molecule has 0 atom stereocenters. The number of hydrogen-bond donors (Lipinski definition) is 2. The van der Waals surface area contributed by atoms with E-state index in [1.54, 1.807) is 6.07 Å². The number of benzene rings is 2. The lowest BCUT2D eigenvalue weighted by atomic mass is 10.2. The molecule has 0 heterocycles. The van der Waals surface area contributed by atoms with Crippen LogP contribution in [0.25, 0.3) is 0 Å². The predicted molar refractivity (Wildman–Crippen MR) is 95.5 cm³/mol. The van der Waals surface area contributed by atoms with E-state index in [1.807, 2.05) is 0 Å². The van der Waals surface area contributed by atoms with Crippen molar-refractivity contribution >= 4 is 34.6 Å². The fourth-order valence-electron chi connectivity index (χ4n) is 2.01. The summed E-state index contributed by atoms with van der Waals surface area (Å²) in [6, 6.07) is 8.99. The van der Waals surface area contributed by atoms with Crippen LogP contribution >= 0.6 is 11.6 Å². The molecule has 0 spiro atoms. The van der Waals surface area contributed by atoms with Crippen molar-refractivity contribution in [3.05, 3.63) is 74.9 Å². The number of rotatable bonds is 5. The van der Waals surface area contributed by atoms with Gasteiger partial charge >= 0.3 is 6.18 Å². The molecule has 0 saturated heterocycles. The van der Waals surface area contributed by atoms with Crippen LogP contribution in [0.3, 0.4) is 0 Å². The van der Waals surface area contributed by atoms with E-state index in [4.69, 9.17) is 16.9 Å². The zero-order valence-corrected chi connectivity index (χ0v) is 14.5. The number of non-ortho nitro benzene ring substituents is 1. The minimum absolute atomic E-state index is 0.0653. The Morgan fingerprint density at radius 3 is 2.57 bits per heavy atom. The molecule has 2 aromatic rings. The van der Waals surface area contributed by atoms with Crippen molar-refractivity contribution in [1.82, 2.24) is 0 Å². The number of carbonyl (C=O) groups is 1. The van der Waals surface area contributed by atoms with Gasteiger partial charge in [0, 0.05) is 24.0 Å². The van der Waals surface area contributed by atoms with Crippen LogP contribution in [-0.2, 0) is 11.0 Å². The Morgan fingerprint density at radius 2 is 1.96 bits per heavy atom. The molecule has 0 fully saturated rings. The van der Waals surface area contributed by atoms with Gasteiger partial charge in [0.2, 0.25) is 0 Å². The van der Waals surface area contributed by atoms with E-state index in [0.717, 1.165) is 30.5 Å². The maximum atomic E-state index is 12.7. The number of halogens is 4. The van der Waals surface area contributed by atoms with Crippen molar-refractivity contribution in [2.75, 3.05) is 10.6 Å². The van der Waals surface area contributed by atoms with Crippen molar-refractivity contribution in [1.29, 1.82) is 5.26 Å². The van der Waals surface area contributed by atoms with E-state index < -0.39 is 28.1 Å². The molecule has 2 N–H and O–H groups in total. The Hall–Kier alpha value is -3.58. The molecule has 0 aliphatic carbocycles. The highest BCUT2D eigenvalue weighted by atomic mass is 35.5. The van der Waals surface area contributed by atoms with Gasteiger partial charge in [0.25, 0.3) is 11.6 Å². The lowest BCUT2D eigenvalue weighted by molar-refractivity contribution is -0.384. The Kier molecular flexibility index (Phi) is 6.22. The molecule has 2 rings (SSSR count). The maximum absolute atomic E-state index is 12.7. The molecule has 0 aliphatic rings. The van der Waals surface area contributed by atoms with Crippen molar-refractivity contribution in [2.45, 2.75) is 6.18 Å². The Bertz CT molecular complexity index is 1000. The standard InChI is InChI=1S/C17H10ClF3N4O3/c18-14-5-4-13(25(27)28)7-15(14)23-9-10(8-22)16(26)24-12-3-1-2-11(6-12)17(19,20)21/h1-7,9,23H,(H,24,26)/b10-9-. The second kappa shape index (κ2) is 8.41. The number of anilines is 2. The molecule has 0 radical (unpaired) electrons. The van der Waals surface area contributed by atoms with Crippen LogP contribution < -0.4 is 10.6 Å². The van der Waals surface area contributed by atoms with Gasteiger partial charge in [-0.15, -0.1) is 0 Å². The third-order valence-corrected chi connectivity index (χ3v) is 3.68. The number of nitro groups is 1. The molecule has 28 heavy (non-hydrogen) atoms. The second-order valence-electron chi connectivity index (χ2n) is 5.27. The zero-order chi connectivity index (χ0) is 20.9. The molecule has 144 valence electrons. The summed E-state index contributed by atoms with van der Waals surface area (Å²) < 4.78 is 38.2. The average molecular weight is 411 g/mol. The number of hydrogen-bond acceptors (Lipinski definition) is 5. The predicted octanol–water partition coefficient (Wildman–Crippen LogP) is 4.73. The first-order valence-electron chi connectivity index (χ1n) is 7.41. The molecule has 0 bridgehead atoms. The quantitative estimate of drug-likeness (QED) is 0.321. The highest BCUT2D eigenvalue weighted by Gasteiger charge is 2.30. The lowest BCUT2D eigenvalue weighted by Crippen LogP contribution is -2.15. The topological polar surface area (TPSA) is 108 Å². The van der Waals surface area contributed by atoms with E-state index in [2.05, 4.69) is 10.6 Å². The van der Waals surface area contributed by atoms with Crippen molar-refractivity contribution in [3.63, 3.8) is 0 Å². The van der Waals surface area contributed by atoms with E-state index in [0.29, 0.717) is 0 Å². The molecular weight excluding hydrogens is 401 g/mol. The van der Waals surface area contributed by atoms with Gasteiger partial charge in [0.1, 0.15) is 11.6 Å². The van der Waals surface area contributed by atoms with Gasteiger partial charge in [-0.1, -0.05) is 17.7 Å². The largest absolute Gasteiger partial charge is 0.416 e. The van der Waals surface area contributed by atoms with Crippen LogP contribution in [0.4, 0.5) is 30.2 Å². The van der Waals surface area contributed by atoms with Gasteiger partial charge < -0.3 is 10.6 Å². The molecule has 0 saturated carbocycles. The number of nitro benzene ring substituents is 1. The van der Waals surface area contributed by atoms with Crippen LogP contribution in [0.5, 0.6) is 0 Å². The normalized spacial score (nSPS) is 11.5. The van der Waals surface area contributed by atoms with Gasteiger partial charge in [0.05, 0.1) is 21.2 Å². The van der Waals surface area contributed by atoms with Crippen LogP contribution in [0.15, 0.2) is 54.2 Å². The second-order valence-corrected chi connectivity index (χ2v) is 5.68. The molecule has 2 aromatic carbocycles. The minimum atomic E-state index is -4.59. The first-order chi connectivity index (χ1) is 13.1. The zero-order valence-electron chi connectivity index (χ0n) is 13.7. The Morgan fingerprint density at radius 1 is 1.25 bits per heavy atom. The van der Waals surface area contributed by atoms with E-state index >= 15 is 0 Å². The number of carbonyl (C=O) groups excluding carboxylic acids is 1. The average Bonchev–Trinajstić information content (AvgIpc) is 2.63. The first-order valence-corrected chi connectivity index (χ1v) is 7.79. The van der Waals surface area contributed by atoms with E-state index in [1.165, 1.54) is 18.2 Å². The van der Waals surface area contributed by atoms with E-state index in [-0.39, 0.29) is 22.1 Å². The molecule has 7 nitrogen and oxygen atoms in total. The third-order valence-electron chi connectivity index (χ3n) is 3.35. The fraction of sp³-hybridized carbons (Fsp3) is 0.0588. The summed E-state index contributed by atoms with van der Waals surface area (Å²) in [5, 5.41) is 24.7.